The fourth-order valence-corrected chi connectivity index (χ4v) is 4.07. The number of benzene rings is 1. The summed E-state index contributed by atoms with van der Waals surface area (Å²) in [6, 6.07) is 3.87. The number of hydrogen-bond acceptors (Lipinski definition) is 2. The third-order valence-corrected chi connectivity index (χ3v) is 5.36. The van der Waals surface area contributed by atoms with Crippen molar-refractivity contribution in [2.75, 3.05) is 20.6 Å². The van der Waals surface area contributed by atoms with Gasteiger partial charge >= 0.3 is 0 Å². The number of nitrogens with zero attached hydrogens (tertiary/aromatic N) is 1. The molecule has 0 unspecified atom stereocenters. The molecule has 1 saturated carbocycles. The Labute approximate surface area is 143 Å². The van der Waals surface area contributed by atoms with Gasteiger partial charge in [0.1, 0.15) is 11.4 Å². The molecule has 1 spiro atoms. The molecule has 1 aromatic rings. The molecule has 2 atom stereocenters. The van der Waals surface area contributed by atoms with E-state index in [1.807, 2.05) is 12.1 Å². The summed E-state index contributed by atoms with van der Waals surface area (Å²) in [5.41, 5.74) is 1.17. The number of fused-ring (bicyclic) bond motifs is 1. The van der Waals surface area contributed by atoms with Crippen LogP contribution in [-0.2, 0) is 6.42 Å². The highest BCUT2D eigenvalue weighted by Crippen LogP contribution is 2.48. The van der Waals surface area contributed by atoms with Gasteiger partial charge in [0.2, 0.25) is 0 Å². The molecule has 118 valence electrons. The summed E-state index contributed by atoms with van der Waals surface area (Å²) in [4.78, 5) is 2.27. The number of hydrogen-bond donors (Lipinski definition) is 0. The van der Waals surface area contributed by atoms with Crippen LogP contribution in [0.3, 0.4) is 0 Å². The Kier molecular flexibility index (Phi) is 5.36. The highest BCUT2D eigenvalue weighted by Gasteiger charge is 2.47. The van der Waals surface area contributed by atoms with E-state index in [1.165, 1.54) is 24.8 Å². The molecule has 1 fully saturated rings. The van der Waals surface area contributed by atoms with Crippen molar-refractivity contribution in [3.05, 3.63) is 27.7 Å². The molecule has 1 aromatic carbocycles. The standard InChI is InChI=1S/C16H21Cl2NO.ClH/c1-19(2)10-12-5-3-4-6-16(12)9-11-7-13(17)14(18)8-15(11)20-16;/h7-8,12H,3-6,9-10H2,1-2H3;1H/t12-,16+;/m1./s1. The maximum Gasteiger partial charge on any atom is 0.125 e. The molecule has 0 saturated heterocycles. The molecule has 3 rings (SSSR count). The van der Waals surface area contributed by atoms with Crippen LogP contribution in [0.15, 0.2) is 12.1 Å². The molecule has 1 aliphatic carbocycles. The first kappa shape index (κ1) is 17.2. The summed E-state index contributed by atoms with van der Waals surface area (Å²) in [7, 11) is 4.27. The Morgan fingerprint density at radius 3 is 2.67 bits per heavy atom. The lowest BCUT2D eigenvalue weighted by atomic mass is 9.73. The molecule has 2 nitrogen and oxygen atoms in total. The van der Waals surface area contributed by atoms with E-state index in [-0.39, 0.29) is 18.0 Å². The Hall–Kier alpha value is -0.150. The lowest BCUT2D eigenvalue weighted by molar-refractivity contribution is -0.0149. The fraction of sp³-hybridized carbons (Fsp3) is 0.625. The van der Waals surface area contributed by atoms with Gasteiger partial charge in [0.25, 0.3) is 0 Å². The molecule has 5 heteroatoms. The van der Waals surface area contributed by atoms with Crippen molar-refractivity contribution in [1.82, 2.24) is 4.90 Å². The maximum absolute atomic E-state index is 6.41. The SMILES string of the molecule is CN(C)C[C@H]1CCCC[C@]12Cc1cc(Cl)c(Cl)cc1O2.Cl. The molecule has 21 heavy (non-hydrogen) atoms. The number of halogens is 3. The van der Waals surface area contributed by atoms with Crippen LogP contribution in [0.1, 0.15) is 31.2 Å². The van der Waals surface area contributed by atoms with E-state index in [4.69, 9.17) is 27.9 Å². The zero-order valence-electron chi connectivity index (χ0n) is 12.5. The van der Waals surface area contributed by atoms with Crippen LogP contribution >= 0.6 is 35.6 Å². The average molecular weight is 351 g/mol. The minimum Gasteiger partial charge on any atom is -0.486 e. The minimum absolute atomic E-state index is 0. The van der Waals surface area contributed by atoms with Gasteiger partial charge in [-0.2, -0.15) is 0 Å². The van der Waals surface area contributed by atoms with Crippen molar-refractivity contribution in [3.63, 3.8) is 0 Å². The van der Waals surface area contributed by atoms with Gasteiger partial charge in [0, 0.05) is 24.9 Å². The second kappa shape index (κ2) is 6.54. The Balaban J connectivity index is 0.00000161. The number of ether oxygens (including phenoxy) is 1. The van der Waals surface area contributed by atoms with Crippen LogP contribution < -0.4 is 4.74 Å². The van der Waals surface area contributed by atoms with Crippen LogP contribution in [0.2, 0.25) is 10.0 Å². The van der Waals surface area contributed by atoms with Gasteiger partial charge in [-0.25, -0.2) is 0 Å². The van der Waals surface area contributed by atoms with Crippen molar-refractivity contribution >= 4 is 35.6 Å². The van der Waals surface area contributed by atoms with Crippen molar-refractivity contribution in [1.29, 1.82) is 0 Å². The molecule has 1 aliphatic heterocycles. The van der Waals surface area contributed by atoms with Crippen LogP contribution in [-0.4, -0.2) is 31.1 Å². The van der Waals surface area contributed by atoms with Crippen molar-refractivity contribution in [3.8, 4) is 5.75 Å². The quantitative estimate of drug-likeness (QED) is 0.756. The summed E-state index contributed by atoms with van der Waals surface area (Å²) in [5.74, 6) is 1.52. The van der Waals surface area contributed by atoms with Crippen molar-refractivity contribution < 1.29 is 4.74 Å². The highest BCUT2D eigenvalue weighted by molar-refractivity contribution is 6.42. The second-order valence-electron chi connectivity index (χ2n) is 6.42. The molecule has 1 heterocycles. The molecule has 0 radical (unpaired) electrons. The van der Waals surface area contributed by atoms with Crippen molar-refractivity contribution in [2.45, 2.75) is 37.7 Å². The highest BCUT2D eigenvalue weighted by atomic mass is 35.5. The van der Waals surface area contributed by atoms with E-state index in [2.05, 4.69) is 19.0 Å². The van der Waals surface area contributed by atoms with Gasteiger partial charge in [-0.1, -0.05) is 29.6 Å². The summed E-state index contributed by atoms with van der Waals surface area (Å²) in [6.45, 7) is 1.08. The van der Waals surface area contributed by atoms with Crippen LogP contribution in [0.4, 0.5) is 0 Å². The van der Waals surface area contributed by atoms with Gasteiger partial charge in [0.05, 0.1) is 10.0 Å². The first-order valence-electron chi connectivity index (χ1n) is 7.32. The Bertz CT molecular complexity index is 487. The zero-order valence-corrected chi connectivity index (χ0v) is 14.8. The summed E-state index contributed by atoms with van der Waals surface area (Å²) < 4.78 is 6.41. The zero-order chi connectivity index (χ0) is 14.3. The van der Waals surface area contributed by atoms with Crippen LogP contribution in [0.25, 0.3) is 0 Å². The first-order chi connectivity index (χ1) is 9.50. The van der Waals surface area contributed by atoms with E-state index < -0.39 is 0 Å². The molecule has 0 bridgehead atoms. The van der Waals surface area contributed by atoms with Gasteiger partial charge in [-0.05, 0) is 45.0 Å². The van der Waals surface area contributed by atoms with Crippen LogP contribution in [0, 0.1) is 5.92 Å². The van der Waals surface area contributed by atoms with Crippen molar-refractivity contribution in [2.24, 2.45) is 5.92 Å². The minimum atomic E-state index is -0.0428. The Morgan fingerprint density at radius 1 is 1.24 bits per heavy atom. The third-order valence-electron chi connectivity index (χ3n) is 4.64. The molecule has 2 aliphatic rings. The van der Waals surface area contributed by atoms with Gasteiger partial charge in [-0.3, -0.25) is 0 Å². The summed E-state index contributed by atoms with van der Waals surface area (Å²) in [5, 5.41) is 1.22. The Morgan fingerprint density at radius 2 is 1.95 bits per heavy atom. The molecule has 0 amide bonds. The van der Waals surface area contributed by atoms with Gasteiger partial charge < -0.3 is 9.64 Å². The summed E-state index contributed by atoms with van der Waals surface area (Å²) in [6.07, 6.45) is 5.90. The molecule has 0 N–H and O–H groups in total. The van der Waals surface area contributed by atoms with Gasteiger partial charge in [-0.15, -0.1) is 12.4 Å². The van der Waals surface area contributed by atoms with E-state index in [1.54, 1.807) is 0 Å². The normalized spacial score (nSPS) is 27.4. The monoisotopic (exact) mass is 349 g/mol. The van der Waals surface area contributed by atoms with E-state index in [0.29, 0.717) is 16.0 Å². The largest absolute Gasteiger partial charge is 0.486 e. The molecular formula is C16H22Cl3NO. The molecule has 0 aromatic heterocycles. The first-order valence-corrected chi connectivity index (χ1v) is 8.07. The number of rotatable bonds is 2. The van der Waals surface area contributed by atoms with E-state index in [9.17, 15) is 0 Å². The average Bonchev–Trinajstić information content (AvgIpc) is 2.71. The third kappa shape index (κ3) is 3.29. The predicted molar refractivity (Wildman–Crippen MR) is 91.3 cm³/mol. The fourth-order valence-electron chi connectivity index (χ4n) is 3.73. The summed E-state index contributed by atoms with van der Waals surface area (Å²) >= 11 is 12.3. The molecular weight excluding hydrogens is 329 g/mol. The smallest absolute Gasteiger partial charge is 0.125 e. The van der Waals surface area contributed by atoms with E-state index >= 15 is 0 Å². The second-order valence-corrected chi connectivity index (χ2v) is 7.24. The van der Waals surface area contributed by atoms with Gasteiger partial charge in [0.15, 0.2) is 0 Å². The lowest BCUT2D eigenvalue weighted by Crippen LogP contribution is -2.48. The topological polar surface area (TPSA) is 12.5 Å². The van der Waals surface area contributed by atoms with Crippen LogP contribution in [0.5, 0.6) is 5.75 Å². The maximum atomic E-state index is 6.41. The lowest BCUT2D eigenvalue weighted by Gasteiger charge is -2.41. The van der Waals surface area contributed by atoms with E-state index in [0.717, 1.165) is 25.1 Å². The predicted octanol–water partition coefficient (Wildman–Crippen LogP) is 4.84.